The van der Waals surface area contributed by atoms with Crippen molar-refractivity contribution in [1.29, 1.82) is 0 Å². The molecule has 1 atom stereocenters. The van der Waals surface area contributed by atoms with Gasteiger partial charge in [0.2, 0.25) is 5.91 Å². The normalized spacial score (nSPS) is 18.8. The molecule has 1 heterocycles. The number of carbonyl (C=O) groups is 1. The van der Waals surface area contributed by atoms with Crippen LogP contribution in [0.3, 0.4) is 0 Å². The van der Waals surface area contributed by atoms with Crippen molar-refractivity contribution in [3.05, 3.63) is 69.7 Å². The van der Waals surface area contributed by atoms with Crippen molar-refractivity contribution in [2.45, 2.75) is 32.2 Å². The van der Waals surface area contributed by atoms with E-state index in [9.17, 15) is 4.79 Å². The van der Waals surface area contributed by atoms with Crippen molar-refractivity contribution >= 4 is 17.5 Å². The van der Waals surface area contributed by atoms with E-state index in [0.29, 0.717) is 0 Å². The van der Waals surface area contributed by atoms with E-state index < -0.39 is 0 Å². The van der Waals surface area contributed by atoms with Gasteiger partial charge >= 0.3 is 0 Å². The molecule has 1 unspecified atom stereocenters. The third kappa shape index (κ3) is 4.46. The van der Waals surface area contributed by atoms with Crippen LogP contribution in [0.25, 0.3) is 0 Å². The second-order valence-corrected chi connectivity index (χ2v) is 7.60. The first-order valence-corrected chi connectivity index (χ1v) is 9.69. The van der Waals surface area contributed by atoms with E-state index >= 15 is 0 Å². The molecule has 0 saturated carbocycles. The fraction of sp³-hybridized carbons (Fsp3) is 0.409. The first kappa shape index (κ1) is 18.9. The number of likely N-dealkylation sites (N-methyl/N-ethyl adjacent to an activating group) is 1. The van der Waals surface area contributed by atoms with Gasteiger partial charge in [0, 0.05) is 31.1 Å². The van der Waals surface area contributed by atoms with Gasteiger partial charge in [0.05, 0.1) is 0 Å². The minimum atomic E-state index is 0.176. The molecule has 26 heavy (non-hydrogen) atoms. The Hall–Kier alpha value is -1.84. The van der Waals surface area contributed by atoms with Gasteiger partial charge in [-0.05, 0) is 61.1 Å². The number of nitrogens with zero attached hydrogens (tertiary/aromatic N) is 1. The summed E-state index contributed by atoms with van der Waals surface area (Å²) >= 11 is 6.07. The summed E-state index contributed by atoms with van der Waals surface area (Å²) < 4.78 is 0. The monoisotopic (exact) mass is 370 g/mol. The minimum absolute atomic E-state index is 0.176. The average molecular weight is 371 g/mol. The standard InChI is InChI=1S/C12H15NO.C10H12ClN/c1-13-12(14)11-7-6-9-4-2-3-5-10(9)8-11;1-12-6-5-9-8(7-12)3-2-4-10(9)11/h2-5,11H,6-8H2,1H3,(H,13,14);2-4H,5-7H2,1H3. The Balaban J connectivity index is 0.000000152. The van der Waals surface area contributed by atoms with Crippen LogP contribution in [0.15, 0.2) is 42.5 Å². The van der Waals surface area contributed by atoms with Gasteiger partial charge in [-0.3, -0.25) is 4.79 Å². The van der Waals surface area contributed by atoms with Crippen LogP contribution in [0.2, 0.25) is 5.02 Å². The molecule has 2 aromatic carbocycles. The lowest BCUT2D eigenvalue weighted by atomic mass is 9.83. The predicted molar refractivity (Wildman–Crippen MR) is 108 cm³/mol. The van der Waals surface area contributed by atoms with E-state index in [0.717, 1.165) is 43.8 Å². The molecule has 3 nitrogen and oxygen atoms in total. The number of nitrogens with one attached hydrogen (secondary N) is 1. The maximum absolute atomic E-state index is 11.5. The molecule has 138 valence electrons. The van der Waals surface area contributed by atoms with Crippen LogP contribution in [0.5, 0.6) is 0 Å². The van der Waals surface area contributed by atoms with Crippen LogP contribution in [0.4, 0.5) is 0 Å². The summed E-state index contributed by atoms with van der Waals surface area (Å²) in [6, 6.07) is 14.6. The van der Waals surface area contributed by atoms with Crippen LogP contribution in [-0.2, 0) is 30.6 Å². The van der Waals surface area contributed by atoms with Gasteiger partial charge in [-0.15, -0.1) is 0 Å². The van der Waals surface area contributed by atoms with Crippen molar-refractivity contribution in [3.63, 3.8) is 0 Å². The molecule has 0 saturated heterocycles. The number of halogens is 1. The molecular weight excluding hydrogens is 344 g/mol. The summed E-state index contributed by atoms with van der Waals surface area (Å²) in [6.07, 6.45) is 4.01. The molecule has 2 aromatic rings. The molecule has 1 aliphatic heterocycles. The average Bonchev–Trinajstić information content (AvgIpc) is 2.67. The van der Waals surface area contributed by atoms with Crippen LogP contribution in [-0.4, -0.2) is 31.4 Å². The van der Waals surface area contributed by atoms with Crippen molar-refractivity contribution < 1.29 is 4.79 Å². The Bertz CT molecular complexity index is 774. The second-order valence-electron chi connectivity index (χ2n) is 7.19. The number of fused-ring (bicyclic) bond motifs is 2. The Labute approximate surface area is 161 Å². The lowest BCUT2D eigenvalue weighted by Crippen LogP contribution is -2.31. The van der Waals surface area contributed by atoms with Crippen molar-refractivity contribution in [2.75, 3.05) is 20.6 Å². The lowest BCUT2D eigenvalue weighted by Gasteiger charge is -2.25. The highest BCUT2D eigenvalue weighted by molar-refractivity contribution is 6.31. The van der Waals surface area contributed by atoms with Crippen LogP contribution >= 0.6 is 11.6 Å². The highest BCUT2D eigenvalue weighted by Crippen LogP contribution is 2.26. The van der Waals surface area contributed by atoms with Crippen molar-refractivity contribution in [3.8, 4) is 0 Å². The smallest absolute Gasteiger partial charge is 0.223 e. The SMILES string of the molecule is CN1CCc2c(Cl)cccc2C1.CNC(=O)C1CCc2ccccc2C1. The molecule has 4 rings (SSSR count). The zero-order valence-corrected chi connectivity index (χ0v) is 16.4. The molecule has 2 aliphatic rings. The lowest BCUT2D eigenvalue weighted by molar-refractivity contribution is -0.124. The Morgan fingerprint density at radius 1 is 1.08 bits per heavy atom. The van der Waals surface area contributed by atoms with Gasteiger partial charge in [0.25, 0.3) is 0 Å². The van der Waals surface area contributed by atoms with E-state index in [1.165, 1.54) is 22.3 Å². The van der Waals surface area contributed by atoms with Gasteiger partial charge in [0.1, 0.15) is 0 Å². The molecule has 1 amide bonds. The summed E-state index contributed by atoms with van der Waals surface area (Å²) in [5.41, 5.74) is 5.48. The molecule has 0 bridgehead atoms. The third-order valence-corrected chi connectivity index (χ3v) is 5.72. The second kappa shape index (κ2) is 8.70. The highest BCUT2D eigenvalue weighted by Gasteiger charge is 2.23. The Morgan fingerprint density at radius 2 is 1.81 bits per heavy atom. The van der Waals surface area contributed by atoms with E-state index in [1.54, 1.807) is 7.05 Å². The summed E-state index contributed by atoms with van der Waals surface area (Å²) in [5.74, 6) is 0.356. The van der Waals surface area contributed by atoms with Crippen molar-refractivity contribution in [1.82, 2.24) is 10.2 Å². The molecule has 0 aromatic heterocycles. The number of aryl methyl sites for hydroxylation is 1. The molecule has 1 N–H and O–H groups in total. The molecule has 4 heteroatoms. The van der Waals surface area contributed by atoms with E-state index in [4.69, 9.17) is 11.6 Å². The summed E-state index contributed by atoms with van der Waals surface area (Å²) in [5, 5.41) is 3.66. The summed E-state index contributed by atoms with van der Waals surface area (Å²) in [6.45, 7) is 2.16. The van der Waals surface area contributed by atoms with Gasteiger partial charge in [-0.1, -0.05) is 48.0 Å². The van der Waals surface area contributed by atoms with E-state index in [2.05, 4.69) is 41.5 Å². The predicted octanol–water partition coefficient (Wildman–Crippen LogP) is 3.87. The Morgan fingerprint density at radius 3 is 2.58 bits per heavy atom. The first-order chi connectivity index (χ1) is 12.6. The fourth-order valence-electron chi connectivity index (χ4n) is 3.83. The number of carbonyl (C=O) groups excluding carboxylic acids is 1. The number of hydrogen-bond donors (Lipinski definition) is 1. The molecule has 0 fully saturated rings. The fourth-order valence-corrected chi connectivity index (χ4v) is 4.12. The molecule has 1 aliphatic carbocycles. The minimum Gasteiger partial charge on any atom is -0.359 e. The maximum Gasteiger partial charge on any atom is 0.223 e. The topological polar surface area (TPSA) is 32.3 Å². The van der Waals surface area contributed by atoms with Crippen LogP contribution in [0, 0.1) is 5.92 Å². The number of benzene rings is 2. The highest BCUT2D eigenvalue weighted by atomic mass is 35.5. The third-order valence-electron chi connectivity index (χ3n) is 5.36. The van der Waals surface area contributed by atoms with Crippen LogP contribution in [0.1, 0.15) is 28.7 Å². The van der Waals surface area contributed by atoms with Crippen molar-refractivity contribution in [2.24, 2.45) is 5.92 Å². The zero-order valence-electron chi connectivity index (χ0n) is 15.6. The summed E-state index contributed by atoms with van der Waals surface area (Å²) in [7, 11) is 3.85. The quantitative estimate of drug-likeness (QED) is 0.826. The van der Waals surface area contributed by atoms with Gasteiger partial charge < -0.3 is 10.2 Å². The zero-order chi connectivity index (χ0) is 18.5. The number of hydrogen-bond acceptors (Lipinski definition) is 2. The number of amides is 1. The maximum atomic E-state index is 11.5. The molecule has 0 spiro atoms. The van der Waals surface area contributed by atoms with Gasteiger partial charge in [0.15, 0.2) is 0 Å². The van der Waals surface area contributed by atoms with E-state index in [1.807, 2.05) is 18.2 Å². The largest absolute Gasteiger partial charge is 0.359 e. The van der Waals surface area contributed by atoms with Gasteiger partial charge in [-0.25, -0.2) is 0 Å². The van der Waals surface area contributed by atoms with Gasteiger partial charge in [-0.2, -0.15) is 0 Å². The first-order valence-electron chi connectivity index (χ1n) is 9.31. The van der Waals surface area contributed by atoms with E-state index in [-0.39, 0.29) is 11.8 Å². The molecule has 0 radical (unpaired) electrons. The molecular formula is C22H27ClN2O. The summed E-state index contributed by atoms with van der Waals surface area (Å²) in [4.78, 5) is 13.8. The number of rotatable bonds is 1. The Kier molecular flexibility index (Phi) is 6.33. The van der Waals surface area contributed by atoms with Crippen LogP contribution < -0.4 is 5.32 Å².